The highest BCUT2D eigenvalue weighted by Crippen LogP contribution is 2.24. The molecule has 6 N–H and O–H groups in total. The van der Waals surface area contributed by atoms with E-state index in [2.05, 4.69) is 31.3 Å². The van der Waals surface area contributed by atoms with E-state index in [1.807, 2.05) is 0 Å². The second kappa shape index (κ2) is 53.3. The topological polar surface area (TPSA) is 149 Å². The fourth-order valence-electron chi connectivity index (χ4n) is 10.6. The monoisotopic (exact) mass is 1020 g/mol. The molecule has 7 unspecified atom stereocenters. The quantitative estimate of drug-likeness (QED) is 0.0261. The average molecular weight is 1020 g/mol. The highest BCUT2D eigenvalue weighted by molar-refractivity contribution is 5.76. The molecule has 9 heteroatoms. The van der Waals surface area contributed by atoms with Crippen molar-refractivity contribution in [3.05, 3.63) is 12.2 Å². The highest BCUT2D eigenvalue weighted by Gasteiger charge is 2.44. The number of hydrogen-bond acceptors (Lipinski definition) is 8. The van der Waals surface area contributed by atoms with Crippen LogP contribution in [-0.2, 0) is 14.3 Å². The molecule has 9 nitrogen and oxygen atoms in total. The Morgan fingerprint density at radius 2 is 0.778 bits per heavy atom. The minimum Gasteiger partial charge on any atom is -0.394 e. The lowest BCUT2D eigenvalue weighted by Gasteiger charge is -2.40. The molecule has 0 aliphatic carbocycles. The van der Waals surface area contributed by atoms with Crippen LogP contribution in [0.2, 0.25) is 0 Å². The number of carbonyl (C=O) groups is 1. The predicted molar refractivity (Wildman–Crippen MR) is 304 cm³/mol. The van der Waals surface area contributed by atoms with Crippen molar-refractivity contribution < 1.29 is 39.8 Å². The fraction of sp³-hybridized carbons (Fsp3) is 0.952. The second-order valence-electron chi connectivity index (χ2n) is 22.6. The Morgan fingerprint density at radius 3 is 1.12 bits per heavy atom. The van der Waals surface area contributed by atoms with Crippen molar-refractivity contribution in [1.82, 2.24) is 5.32 Å². The maximum Gasteiger partial charge on any atom is 0.220 e. The molecule has 0 aromatic heterocycles. The zero-order valence-electron chi connectivity index (χ0n) is 47.7. The van der Waals surface area contributed by atoms with E-state index < -0.39 is 49.5 Å². The van der Waals surface area contributed by atoms with Crippen LogP contribution in [0.5, 0.6) is 0 Å². The molecule has 1 heterocycles. The van der Waals surface area contributed by atoms with Gasteiger partial charge in [0.15, 0.2) is 6.29 Å². The number of unbranched alkanes of at least 4 members (excludes halogenated alkanes) is 44. The maximum atomic E-state index is 13.1. The van der Waals surface area contributed by atoms with Crippen LogP contribution in [0.1, 0.15) is 328 Å². The number of ether oxygens (including phenoxy) is 2. The highest BCUT2D eigenvalue weighted by atomic mass is 16.7. The number of allylic oxidation sites excluding steroid dienone is 2. The van der Waals surface area contributed by atoms with E-state index in [1.165, 1.54) is 263 Å². The standard InChI is InChI=1S/C63H123NO8/c1-3-5-7-9-11-13-15-17-19-21-22-23-24-25-26-27-28-29-30-31-32-33-34-35-36-37-39-41-43-45-47-49-51-53-59(67)64-56(55-71-63-62(70)61(69)60(68)58(54-65)72-63)57(66)52-50-48-46-44-42-40-38-20-18-16-14-12-10-8-6-4-2/h21-22,56-58,60-63,65-66,68-70H,3-20,23-55H2,1-2H3,(H,64,67)/b22-21-. The molecule has 1 rings (SSSR count). The number of carbonyl (C=O) groups excluding carboxylic acids is 1. The van der Waals surface area contributed by atoms with Crippen molar-refractivity contribution in [1.29, 1.82) is 0 Å². The van der Waals surface area contributed by atoms with Gasteiger partial charge in [-0.1, -0.05) is 296 Å². The van der Waals surface area contributed by atoms with Crippen molar-refractivity contribution in [3.63, 3.8) is 0 Å². The molecule has 7 atom stereocenters. The molecule has 0 saturated carbocycles. The van der Waals surface area contributed by atoms with Crippen LogP contribution in [0, 0.1) is 0 Å². The normalized spacial score (nSPS) is 19.1. The van der Waals surface area contributed by atoms with E-state index in [4.69, 9.17) is 9.47 Å². The smallest absolute Gasteiger partial charge is 0.220 e. The van der Waals surface area contributed by atoms with Gasteiger partial charge >= 0.3 is 0 Å². The van der Waals surface area contributed by atoms with Crippen LogP contribution in [0.15, 0.2) is 12.2 Å². The zero-order chi connectivity index (χ0) is 52.2. The van der Waals surface area contributed by atoms with E-state index in [1.54, 1.807) is 0 Å². The van der Waals surface area contributed by atoms with Crippen molar-refractivity contribution in [2.75, 3.05) is 13.2 Å². The zero-order valence-corrected chi connectivity index (χ0v) is 47.7. The molecule has 0 aromatic rings. The molecule has 0 aromatic carbocycles. The van der Waals surface area contributed by atoms with E-state index in [-0.39, 0.29) is 12.5 Å². The first-order chi connectivity index (χ1) is 35.3. The van der Waals surface area contributed by atoms with E-state index in [0.29, 0.717) is 12.8 Å². The van der Waals surface area contributed by atoms with Gasteiger partial charge in [-0.25, -0.2) is 0 Å². The summed E-state index contributed by atoms with van der Waals surface area (Å²) in [5.74, 6) is -0.137. The molecule has 72 heavy (non-hydrogen) atoms. The molecule has 0 bridgehead atoms. The van der Waals surface area contributed by atoms with Crippen molar-refractivity contribution in [3.8, 4) is 0 Å². The number of amides is 1. The first kappa shape index (κ1) is 68.9. The summed E-state index contributed by atoms with van der Waals surface area (Å²) in [4.78, 5) is 13.1. The summed E-state index contributed by atoms with van der Waals surface area (Å²) in [5.41, 5.74) is 0. The van der Waals surface area contributed by atoms with Crippen LogP contribution in [0.4, 0.5) is 0 Å². The second-order valence-corrected chi connectivity index (χ2v) is 22.6. The lowest BCUT2D eigenvalue weighted by Crippen LogP contribution is -2.60. The number of aliphatic hydroxyl groups excluding tert-OH is 5. The summed E-state index contributed by atoms with van der Waals surface area (Å²) in [6.45, 7) is 3.88. The summed E-state index contributed by atoms with van der Waals surface area (Å²) in [7, 11) is 0. The van der Waals surface area contributed by atoms with Crippen LogP contribution < -0.4 is 5.32 Å². The van der Waals surface area contributed by atoms with Gasteiger partial charge in [0.05, 0.1) is 25.4 Å². The predicted octanol–water partition coefficient (Wildman–Crippen LogP) is 16.4. The Morgan fingerprint density at radius 1 is 0.458 bits per heavy atom. The van der Waals surface area contributed by atoms with Crippen molar-refractivity contribution in [2.24, 2.45) is 0 Å². The van der Waals surface area contributed by atoms with Gasteiger partial charge in [0.25, 0.3) is 0 Å². The lowest BCUT2D eigenvalue weighted by molar-refractivity contribution is -0.302. The third-order valence-corrected chi connectivity index (χ3v) is 15.6. The largest absolute Gasteiger partial charge is 0.394 e. The minimum absolute atomic E-state index is 0.132. The Labute approximate surface area is 446 Å². The van der Waals surface area contributed by atoms with Crippen molar-refractivity contribution >= 4 is 5.91 Å². The summed E-state index contributed by atoms with van der Waals surface area (Å²) >= 11 is 0. The molecule has 428 valence electrons. The van der Waals surface area contributed by atoms with Crippen LogP contribution in [0.25, 0.3) is 0 Å². The maximum absolute atomic E-state index is 13.1. The summed E-state index contributed by atoms with van der Waals surface area (Å²) < 4.78 is 11.3. The third-order valence-electron chi connectivity index (χ3n) is 15.6. The SMILES string of the molecule is CCCCCCCCCC/C=C\CCCCCCCCCCCCCCCCCCCCCCCC(=O)NC(COC1OC(CO)C(O)C(O)C1O)C(O)CCCCCCCCCCCCCCCCCC. The Kier molecular flexibility index (Phi) is 51.1. The van der Waals surface area contributed by atoms with Gasteiger partial charge in [-0.2, -0.15) is 0 Å². The lowest BCUT2D eigenvalue weighted by atomic mass is 9.99. The Bertz CT molecular complexity index is 1140. The Hall–Kier alpha value is -1.07. The summed E-state index contributed by atoms with van der Waals surface area (Å²) in [5, 5.41) is 54.7. The van der Waals surface area contributed by atoms with E-state index in [0.717, 1.165) is 38.5 Å². The number of nitrogens with one attached hydrogen (secondary N) is 1. The fourth-order valence-corrected chi connectivity index (χ4v) is 10.6. The molecule has 0 radical (unpaired) electrons. The van der Waals surface area contributed by atoms with Gasteiger partial charge < -0.3 is 40.3 Å². The molecular weight excluding hydrogens is 899 g/mol. The number of hydrogen-bond donors (Lipinski definition) is 6. The van der Waals surface area contributed by atoms with Gasteiger partial charge in [-0.3, -0.25) is 4.79 Å². The van der Waals surface area contributed by atoms with Crippen LogP contribution in [0.3, 0.4) is 0 Å². The first-order valence-corrected chi connectivity index (χ1v) is 31.9. The summed E-state index contributed by atoms with van der Waals surface area (Å²) in [6, 6.07) is -0.715. The molecule has 0 spiro atoms. The molecule has 1 aliphatic heterocycles. The van der Waals surface area contributed by atoms with Crippen molar-refractivity contribution in [2.45, 2.75) is 371 Å². The van der Waals surface area contributed by atoms with Gasteiger partial charge in [0.1, 0.15) is 24.4 Å². The van der Waals surface area contributed by atoms with Crippen LogP contribution in [-0.4, -0.2) is 87.5 Å². The average Bonchev–Trinajstić information content (AvgIpc) is 3.38. The summed E-state index contributed by atoms with van der Waals surface area (Å²) in [6.07, 6.45) is 59.8. The molecule has 1 aliphatic rings. The molecule has 1 saturated heterocycles. The molecule has 1 fully saturated rings. The van der Waals surface area contributed by atoms with Gasteiger partial charge in [-0.15, -0.1) is 0 Å². The third kappa shape index (κ3) is 42.1. The molecular formula is C63H123NO8. The Balaban J connectivity index is 2.08. The van der Waals surface area contributed by atoms with E-state index in [9.17, 15) is 30.3 Å². The molecule has 1 amide bonds. The minimum atomic E-state index is -1.55. The van der Waals surface area contributed by atoms with Gasteiger partial charge in [-0.05, 0) is 38.5 Å². The number of rotatable bonds is 56. The number of aliphatic hydroxyl groups is 5. The van der Waals surface area contributed by atoms with E-state index >= 15 is 0 Å². The van der Waals surface area contributed by atoms with Gasteiger partial charge in [0.2, 0.25) is 5.91 Å². The van der Waals surface area contributed by atoms with Crippen LogP contribution >= 0.6 is 0 Å². The first-order valence-electron chi connectivity index (χ1n) is 31.9. The van der Waals surface area contributed by atoms with Gasteiger partial charge in [0, 0.05) is 6.42 Å².